The number of amides is 1. The molecule has 1 aliphatic carbocycles. The van der Waals surface area contributed by atoms with Crippen LogP contribution in [-0.2, 0) is 0 Å². The second kappa shape index (κ2) is 6.31. The van der Waals surface area contributed by atoms with Crippen molar-refractivity contribution in [2.45, 2.75) is 51.6 Å². The Kier molecular flexibility index (Phi) is 4.70. The van der Waals surface area contributed by atoms with Gasteiger partial charge in [-0.25, -0.2) is 0 Å². The largest absolute Gasteiger partial charge is 0.397 e. The molecule has 0 aromatic carbocycles. The van der Waals surface area contributed by atoms with E-state index in [1.54, 1.807) is 6.07 Å². The number of hydrogen-bond acceptors (Lipinski definition) is 3. The number of nitrogens with two attached hydrogens (primary N) is 1. The van der Waals surface area contributed by atoms with Gasteiger partial charge in [0.25, 0.3) is 5.91 Å². The smallest absolute Gasteiger partial charge is 0.270 e. The average molecular weight is 279 g/mol. The van der Waals surface area contributed by atoms with Gasteiger partial charge in [0.05, 0.1) is 5.69 Å². The molecule has 1 saturated carbocycles. The molecular formula is C15H25N3O2. The zero-order valence-corrected chi connectivity index (χ0v) is 12.4. The Morgan fingerprint density at radius 3 is 2.75 bits per heavy atom. The standard InChI is InChI=1S/C15H25N3O2/c1-11(2)18-10-12(16)9-14(18)15(20)17(7-4-8-19)13-5-3-6-13/h9-11,13,19H,3-8,16H2,1-2H3. The van der Waals surface area contributed by atoms with E-state index >= 15 is 0 Å². The minimum absolute atomic E-state index is 0.0357. The molecule has 0 aliphatic heterocycles. The number of rotatable bonds is 6. The van der Waals surface area contributed by atoms with E-state index < -0.39 is 0 Å². The molecule has 0 atom stereocenters. The van der Waals surface area contributed by atoms with Crippen molar-refractivity contribution in [1.29, 1.82) is 0 Å². The molecule has 1 aromatic rings. The number of carbonyl (C=O) groups is 1. The zero-order valence-electron chi connectivity index (χ0n) is 12.4. The lowest BCUT2D eigenvalue weighted by Gasteiger charge is -2.37. The van der Waals surface area contributed by atoms with Gasteiger partial charge in [0.1, 0.15) is 5.69 Å². The van der Waals surface area contributed by atoms with Crippen molar-refractivity contribution in [2.24, 2.45) is 0 Å². The van der Waals surface area contributed by atoms with Gasteiger partial charge < -0.3 is 20.3 Å². The highest BCUT2D eigenvalue weighted by molar-refractivity contribution is 5.94. The Labute approximate surface area is 120 Å². The quantitative estimate of drug-likeness (QED) is 0.837. The monoisotopic (exact) mass is 279 g/mol. The predicted molar refractivity (Wildman–Crippen MR) is 79.6 cm³/mol. The second-order valence-electron chi connectivity index (χ2n) is 5.82. The summed E-state index contributed by atoms with van der Waals surface area (Å²) in [4.78, 5) is 14.7. The molecule has 1 amide bonds. The van der Waals surface area contributed by atoms with E-state index in [4.69, 9.17) is 10.8 Å². The number of aliphatic hydroxyl groups excluding tert-OH is 1. The van der Waals surface area contributed by atoms with Gasteiger partial charge >= 0.3 is 0 Å². The maximum absolute atomic E-state index is 12.8. The summed E-state index contributed by atoms with van der Waals surface area (Å²) in [6.07, 6.45) is 5.76. The van der Waals surface area contributed by atoms with E-state index in [1.165, 1.54) is 6.42 Å². The first kappa shape index (κ1) is 14.9. The number of aliphatic hydroxyl groups is 1. The van der Waals surface area contributed by atoms with Crippen LogP contribution in [0.2, 0.25) is 0 Å². The Morgan fingerprint density at radius 1 is 1.55 bits per heavy atom. The van der Waals surface area contributed by atoms with Crippen LogP contribution >= 0.6 is 0 Å². The molecule has 112 valence electrons. The highest BCUT2D eigenvalue weighted by Gasteiger charge is 2.30. The molecule has 3 N–H and O–H groups in total. The summed E-state index contributed by atoms with van der Waals surface area (Å²) in [7, 11) is 0. The highest BCUT2D eigenvalue weighted by Crippen LogP contribution is 2.27. The van der Waals surface area contributed by atoms with E-state index in [9.17, 15) is 4.79 Å². The SMILES string of the molecule is CC(C)n1cc(N)cc1C(=O)N(CCCO)C1CCC1. The first-order chi connectivity index (χ1) is 9.54. The van der Waals surface area contributed by atoms with Gasteiger partial charge in [-0.3, -0.25) is 4.79 Å². The third kappa shape index (κ3) is 2.98. The van der Waals surface area contributed by atoms with Crippen LogP contribution in [-0.4, -0.2) is 39.7 Å². The molecule has 0 spiro atoms. The molecule has 1 aliphatic rings. The van der Waals surface area contributed by atoms with Gasteiger partial charge in [-0.2, -0.15) is 0 Å². The summed E-state index contributed by atoms with van der Waals surface area (Å²) in [5.74, 6) is 0.0357. The van der Waals surface area contributed by atoms with Crippen molar-refractivity contribution >= 4 is 11.6 Å². The molecule has 0 unspecified atom stereocenters. The van der Waals surface area contributed by atoms with Gasteiger partial charge in [-0.15, -0.1) is 0 Å². The first-order valence-corrected chi connectivity index (χ1v) is 7.43. The van der Waals surface area contributed by atoms with Crippen LogP contribution in [0.1, 0.15) is 56.1 Å². The Hall–Kier alpha value is -1.49. The molecule has 5 heteroatoms. The molecule has 0 saturated heterocycles. The average Bonchev–Trinajstić information content (AvgIpc) is 2.73. The van der Waals surface area contributed by atoms with Gasteiger partial charge in [0.15, 0.2) is 0 Å². The van der Waals surface area contributed by atoms with Gasteiger partial charge in [-0.1, -0.05) is 0 Å². The minimum Gasteiger partial charge on any atom is -0.397 e. The van der Waals surface area contributed by atoms with Gasteiger partial charge in [0, 0.05) is 31.4 Å². The Bertz CT molecular complexity index is 464. The lowest BCUT2D eigenvalue weighted by Crippen LogP contribution is -2.45. The lowest BCUT2D eigenvalue weighted by molar-refractivity contribution is 0.0550. The maximum Gasteiger partial charge on any atom is 0.270 e. The van der Waals surface area contributed by atoms with Crippen LogP contribution in [0.25, 0.3) is 0 Å². The van der Waals surface area contributed by atoms with Gasteiger partial charge in [0.2, 0.25) is 0 Å². The predicted octanol–water partition coefficient (Wildman–Crippen LogP) is 2.03. The number of aromatic nitrogens is 1. The third-order valence-electron chi connectivity index (χ3n) is 3.98. The van der Waals surface area contributed by atoms with Crippen molar-refractivity contribution in [3.63, 3.8) is 0 Å². The normalized spacial score (nSPS) is 15.4. The lowest BCUT2D eigenvalue weighted by atomic mass is 9.91. The molecule has 0 radical (unpaired) electrons. The fraction of sp³-hybridized carbons (Fsp3) is 0.667. The molecule has 0 bridgehead atoms. The third-order valence-corrected chi connectivity index (χ3v) is 3.98. The molecule has 5 nitrogen and oxygen atoms in total. The summed E-state index contributed by atoms with van der Waals surface area (Å²) in [6.45, 7) is 4.81. The van der Waals surface area contributed by atoms with Crippen LogP contribution in [0.15, 0.2) is 12.3 Å². The van der Waals surface area contributed by atoms with Crippen molar-refractivity contribution < 1.29 is 9.90 Å². The summed E-state index contributed by atoms with van der Waals surface area (Å²) < 4.78 is 1.93. The van der Waals surface area contributed by atoms with Gasteiger partial charge in [-0.05, 0) is 45.6 Å². The molecular weight excluding hydrogens is 254 g/mol. The summed E-state index contributed by atoms with van der Waals surface area (Å²) in [5, 5.41) is 9.02. The van der Waals surface area contributed by atoms with E-state index in [-0.39, 0.29) is 18.6 Å². The zero-order chi connectivity index (χ0) is 14.7. The van der Waals surface area contributed by atoms with Crippen molar-refractivity contribution in [3.05, 3.63) is 18.0 Å². The highest BCUT2D eigenvalue weighted by atomic mass is 16.3. The second-order valence-corrected chi connectivity index (χ2v) is 5.82. The van der Waals surface area contributed by atoms with Crippen LogP contribution in [0.3, 0.4) is 0 Å². The number of nitrogens with zero attached hydrogens (tertiary/aromatic N) is 2. The van der Waals surface area contributed by atoms with E-state index in [0.717, 1.165) is 12.8 Å². The fourth-order valence-electron chi connectivity index (χ4n) is 2.64. The number of carbonyl (C=O) groups excluding carboxylic acids is 1. The summed E-state index contributed by atoms with van der Waals surface area (Å²) in [6, 6.07) is 2.28. The van der Waals surface area contributed by atoms with E-state index in [1.807, 2.05) is 29.5 Å². The van der Waals surface area contributed by atoms with Crippen molar-refractivity contribution in [2.75, 3.05) is 18.9 Å². The summed E-state index contributed by atoms with van der Waals surface area (Å²) in [5.41, 5.74) is 7.12. The molecule has 1 fully saturated rings. The van der Waals surface area contributed by atoms with Crippen LogP contribution in [0.5, 0.6) is 0 Å². The number of nitrogen functional groups attached to an aromatic ring is 1. The van der Waals surface area contributed by atoms with Crippen LogP contribution < -0.4 is 5.73 Å². The number of anilines is 1. The maximum atomic E-state index is 12.8. The Balaban J connectivity index is 2.21. The van der Waals surface area contributed by atoms with Crippen LogP contribution in [0, 0.1) is 0 Å². The molecule has 2 rings (SSSR count). The topological polar surface area (TPSA) is 71.5 Å². The molecule has 20 heavy (non-hydrogen) atoms. The van der Waals surface area contributed by atoms with Crippen LogP contribution in [0.4, 0.5) is 5.69 Å². The summed E-state index contributed by atoms with van der Waals surface area (Å²) >= 11 is 0. The number of hydrogen-bond donors (Lipinski definition) is 2. The fourth-order valence-corrected chi connectivity index (χ4v) is 2.64. The Morgan fingerprint density at radius 2 is 2.25 bits per heavy atom. The van der Waals surface area contributed by atoms with Crippen molar-refractivity contribution in [1.82, 2.24) is 9.47 Å². The van der Waals surface area contributed by atoms with E-state index in [0.29, 0.717) is 30.4 Å². The first-order valence-electron chi connectivity index (χ1n) is 7.43. The van der Waals surface area contributed by atoms with Crippen molar-refractivity contribution in [3.8, 4) is 0 Å². The molecule has 1 heterocycles. The molecule has 1 aromatic heterocycles. The van der Waals surface area contributed by atoms with E-state index in [2.05, 4.69) is 0 Å². The minimum atomic E-state index is 0.0357.